The number of halogens is 5. The molecular weight excluding hydrogens is 371 g/mol. The SMILES string of the molecule is CNc1nc(Nc2cn(C3CC4C(C3)C4(F)F)nc2C)ncc1C(F)(F)F. The lowest BCUT2D eigenvalue weighted by Crippen LogP contribution is -2.13. The van der Waals surface area contributed by atoms with Gasteiger partial charge in [0, 0.05) is 31.3 Å². The molecule has 11 heteroatoms. The molecule has 0 radical (unpaired) electrons. The van der Waals surface area contributed by atoms with Crippen molar-refractivity contribution in [2.45, 2.75) is 37.9 Å². The third kappa shape index (κ3) is 2.98. The van der Waals surface area contributed by atoms with Crippen LogP contribution in [0.15, 0.2) is 12.4 Å². The zero-order chi connectivity index (χ0) is 19.6. The summed E-state index contributed by atoms with van der Waals surface area (Å²) in [7, 11) is 1.34. The van der Waals surface area contributed by atoms with Gasteiger partial charge in [-0.3, -0.25) is 4.68 Å². The summed E-state index contributed by atoms with van der Waals surface area (Å²) in [5.41, 5.74) is 0.134. The van der Waals surface area contributed by atoms with Gasteiger partial charge in [-0.05, 0) is 19.8 Å². The number of aryl methyl sites for hydroxylation is 1. The standard InChI is InChI=1S/C16H17F5N6/c1-7-12(6-27(26-7)8-3-9-10(4-8)15(9,17)18)24-14-23-5-11(16(19,20)21)13(22-2)25-14/h5-6,8-10H,3-4H2,1-2H3,(H2,22,23,24,25). The van der Waals surface area contributed by atoms with Crippen molar-refractivity contribution in [3.63, 3.8) is 0 Å². The molecule has 2 atom stereocenters. The largest absolute Gasteiger partial charge is 0.421 e. The summed E-state index contributed by atoms with van der Waals surface area (Å²) < 4.78 is 67.1. The Morgan fingerprint density at radius 1 is 1.22 bits per heavy atom. The molecule has 2 aliphatic carbocycles. The maximum Gasteiger partial charge on any atom is 0.421 e. The number of hydrogen-bond acceptors (Lipinski definition) is 5. The Kier molecular flexibility index (Phi) is 3.83. The molecule has 6 nitrogen and oxygen atoms in total. The van der Waals surface area contributed by atoms with E-state index in [0.717, 1.165) is 0 Å². The lowest BCUT2D eigenvalue weighted by molar-refractivity contribution is -0.137. The van der Waals surface area contributed by atoms with Gasteiger partial charge in [0.25, 0.3) is 5.92 Å². The zero-order valence-corrected chi connectivity index (χ0v) is 14.5. The number of alkyl halides is 5. The minimum Gasteiger partial charge on any atom is -0.372 e. The van der Waals surface area contributed by atoms with Crippen LogP contribution in [0.1, 0.15) is 30.1 Å². The minimum absolute atomic E-state index is 0.0178. The first-order valence-corrected chi connectivity index (χ1v) is 8.43. The van der Waals surface area contributed by atoms with Crippen LogP contribution in [-0.2, 0) is 6.18 Å². The van der Waals surface area contributed by atoms with E-state index in [2.05, 4.69) is 25.7 Å². The fraction of sp³-hybridized carbons (Fsp3) is 0.562. The van der Waals surface area contributed by atoms with Crippen LogP contribution in [0.2, 0.25) is 0 Å². The molecule has 27 heavy (non-hydrogen) atoms. The Labute approximate surface area is 151 Å². The normalized spacial score (nSPS) is 26.0. The van der Waals surface area contributed by atoms with E-state index in [0.29, 0.717) is 30.4 Å². The number of hydrogen-bond donors (Lipinski definition) is 2. The van der Waals surface area contributed by atoms with Gasteiger partial charge in [0.1, 0.15) is 11.4 Å². The minimum atomic E-state index is -4.57. The van der Waals surface area contributed by atoms with E-state index < -0.39 is 29.5 Å². The first-order valence-electron chi connectivity index (χ1n) is 8.43. The van der Waals surface area contributed by atoms with Gasteiger partial charge in [-0.25, -0.2) is 13.8 Å². The number of anilines is 3. The second-order valence-electron chi connectivity index (χ2n) is 6.95. The van der Waals surface area contributed by atoms with E-state index >= 15 is 0 Å². The lowest BCUT2D eigenvalue weighted by Gasteiger charge is -2.14. The van der Waals surface area contributed by atoms with Gasteiger partial charge in [0.05, 0.1) is 17.4 Å². The second-order valence-corrected chi connectivity index (χ2v) is 6.95. The fourth-order valence-corrected chi connectivity index (χ4v) is 3.75. The van der Waals surface area contributed by atoms with E-state index in [1.165, 1.54) is 7.05 Å². The topological polar surface area (TPSA) is 67.7 Å². The maximum atomic E-state index is 13.3. The van der Waals surface area contributed by atoms with Gasteiger partial charge in [0.15, 0.2) is 0 Å². The third-order valence-electron chi connectivity index (χ3n) is 5.29. The molecule has 2 aromatic rings. The van der Waals surface area contributed by atoms with Crippen LogP contribution in [0, 0.1) is 18.8 Å². The molecule has 2 heterocycles. The summed E-state index contributed by atoms with van der Waals surface area (Å²) >= 11 is 0. The van der Waals surface area contributed by atoms with Crippen LogP contribution >= 0.6 is 0 Å². The Morgan fingerprint density at radius 2 is 1.89 bits per heavy atom. The van der Waals surface area contributed by atoms with E-state index in [9.17, 15) is 22.0 Å². The summed E-state index contributed by atoms with van der Waals surface area (Å²) in [4.78, 5) is 7.57. The van der Waals surface area contributed by atoms with E-state index in [-0.39, 0.29) is 17.8 Å². The summed E-state index contributed by atoms with van der Waals surface area (Å²) in [5, 5.41) is 9.60. The van der Waals surface area contributed by atoms with Crippen LogP contribution in [0.25, 0.3) is 0 Å². The highest BCUT2D eigenvalue weighted by Gasteiger charge is 2.71. The molecule has 0 bridgehead atoms. The summed E-state index contributed by atoms with van der Waals surface area (Å²) in [6.45, 7) is 1.71. The molecule has 0 aromatic carbocycles. The summed E-state index contributed by atoms with van der Waals surface area (Å²) in [6, 6.07) is -0.102. The van der Waals surface area contributed by atoms with E-state index in [1.807, 2.05) is 0 Å². The van der Waals surface area contributed by atoms with Crippen molar-refractivity contribution in [3.8, 4) is 0 Å². The zero-order valence-electron chi connectivity index (χ0n) is 14.5. The number of rotatable bonds is 4. The van der Waals surface area contributed by atoms with E-state index in [1.54, 1.807) is 17.8 Å². The second kappa shape index (κ2) is 5.77. The monoisotopic (exact) mass is 388 g/mol. The molecule has 0 amide bonds. The van der Waals surface area contributed by atoms with Gasteiger partial charge < -0.3 is 10.6 Å². The average Bonchev–Trinajstić information content (AvgIpc) is 2.99. The van der Waals surface area contributed by atoms with Gasteiger partial charge in [0.2, 0.25) is 5.95 Å². The number of nitrogens with one attached hydrogen (secondary N) is 2. The average molecular weight is 388 g/mol. The molecule has 2 aliphatic rings. The highest BCUT2D eigenvalue weighted by atomic mass is 19.4. The van der Waals surface area contributed by atoms with Crippen molar-refractivity contribution in [1.29, 1.82) is 0 Å². The predicted octanol–water partition coefficient (Wildman–Crippen LogP) is 4.00. The molecule has 0 spiro atoms. The van der Waals surface area contributed by atoms with Crippen molar-refractivity contribution in [2.24, 2.45) is 11.8 Å². The summed E-state index contributed by atoms with van der Waals surface area (Å²) in [5.74, 6) is -4.05. The van der Waals surface area contributed by atoms with Crippen molar-refractivity contribution in [2.75, 3.05) is 17.7 Å². The molecule has 2 aromatic heterocycles. The molecule has 4 rings (SSSR count). The van der Waals surface area contributed by atoms with Crippen molar-refractivity contribution in [1.82, 2.24) is 19.7 Å². The molecule has 2 unspecified atom stereocenters. The highest BCUT2D eigenvalue weighted by molar-refractivity contribution is 5.57. The number of fused-ring (bicyclic) bond motifs is 1. The maximum absolute atomic E-state index is 13.3. The van der Waals surface area contributed by atoms with Gasteiger partial charge in [-0.2, -0.15) is 23.3 Å². The Morgan fingerprint density at radius 3 is 2.48 bits per heavy atom. The van der Waals surface area contributed by atoms with Crippen LogP contribution in [-0.4, -0.2) is 32.7 Å². The number of aromatic nitrogens is 4. The number of nitrogens with zero attached hydrogens (tertiary/aromatic N) is 4. The molecular formula is C16H17F5N6. The first kappa shape index (κ1) is 17.9. The Balaban J connectivity index is 1.52. The Hall–Kier alpha value is -2.46. The van der Waals surface area contributed by atoms with Crippen LogP contribution < -0.4 is 10.6 Å². The van der Waals surface area contributed by atoms with Crippen molar-refractivity contribution in [3.05, 3.63) is 23.7 Å². The molecule has 0 aliphatic heterocycles. The van der Waals surface area contributed by atoms with Crippen LogP contribution in [0.3, 0.4) is 0 Å². The van der Waals surface area contributed by atoms with Gasteiger partial charge >= 0.3 is 6.18 Å². The molecule has 0 saturated heterocycles. The summed E-state index contributed by atoms with van der Waals surface area (Å²) in [6.07, 6.45) is -1.46. The van der Waals surface area contributed by atoms with Crippen LogP contribution in [0.4, 0.5) is 39.4 Å². The van der Waals surface area contributed by atoms with E-state index in [4.69, 9.17) is 0 Å². The fourth-order valence-electron chi connectivity index (χ4n) is 3.75. The molecule has 2 saturated carbocycles. The lowest BCUT2D eigenvalue weighted by atomic mass is 10.1. The molecule has 2 N–H and O–H groups in total. The third-order valence-corrected chi connectivity index (χ3v) is 5.29. The first-order chi connectivity index (χ1) is 12.6. The molecule has 2 fully saturated rings. The molecule has 146 valence electrons. The Bertz CT molecular complexity index is 863. The van der Waals surface area contributed by atoms with Crippen molar-refractivity contribution >= 4 is 17.5 Å². The smallest absolute Gasteiger partial charge is 0.372 e. The predicted molar refractivity (Wildman–Crippen MR) is 87.0 cm³/mol. The van der Waals surface area contributed by atoms with Gasteiger partial charge in [-0.15, -0.1) is 0 Å². The van der Waals surface area contributed by atoms with Crippen LogP contribution in [0.5, 0.6) is 0 Å². The van der Waals surface area contributed by atoms with Gasteiger partial charge in [-0.1, -0.05) is 0 Å². The quantitative estimate of drug-likeness (QED) is 0.775. The highest BCUT2D eigenvalue weighted by Crippen LogP contribution is 2.66. The van der Waals surface area contributed by atoms with Crippen molar-refractivity contribution < 1.29 is 22.0 Å².